The smallest absolute Gasteiger partial charge is 0.295 e. The summed E-state index contributed by atoms with van der Waals surface area (Å²) < 4.78 is 78.1. The summed E-state index contributed by atoms with van der Waals surface area (Å²) in [7, 11) is -4.00. The van der Waals surface area contributed by atoms with Crippen molar-refractivity contribution in [1.29, 1.82) is 0 Å². The van der Waals surface area contributed by atoms with Crippen LogP contribution in [0.15, 0.2) is 35.5 Å². The van der Waals surface area contributed by atoms with Gasteiger partial charge in [-0.15, -0.1) is 0 Å². The van der Waals surface area contributed by atoms with Gasteiger partial charge in [0.2, 0.25) is 0 Å². The second-order valence-electron chi connectivity index (χ2n) is 5.93. The number of rotatable bonds is 4. The molecule has 5 nitrogen and oxygen atoms in total. The molecule has 0 saturated carbocycles. The number of nitrogens with one attached hydrogen (secondary N) is 1. The molecular formula is C17H13F4N3O2S. The van der Waals surface area contributed by atoms with Crippen LogP contribution in [-0.4, -0.2) is 29.6 Å². The maximum Gasteiger partial charge on any atom is 0.295 e. The van der Waals surface area contributed by atoms with Gasteiger partial charge in [0, 0.05) is 29.8 Å². The highest BCUT2D eigenvalue weighted by Gasteiger charge is 2.24. The molecule has 1 N–H and O–H groups in total. The van der Waals surface area contributed by atoms with E-state index in [4.69, 9.17) is 0 Å². The molecule has 3 aromatic rings. The maximum atomic E-state index is 14.5. The van der Waals surface area contributed by atoms with E-state index in [1.165, 1.54) is 12.4 Å². The molecule has 0 bridgehead atoms. The lowest BCUT2D eigenvalue weighted by atomic mass is 10.0. The van der Waals surface area contributed by atoms with Gasteiger partial charge in [-0.05, 0) is 30.7 Å². The number of halogens is 4. The van der Waals surface area contributed by atoms with Gasteiger partial charge in [0.1, 0.15) is 16.5 Å². The van der Waals surface area contributed by atoms with Gasteiger partial charge in [-0.2, -0.15) is 0 Å². The monoisotopic (exact) mass is 399 g/mol. The second kappa shape index (κ2) is 6.76. The van der Waals surface area contributed by atoms with Crippen LogP contribution in [0.5, 0.6) is 0 Å². The van der Waals surface area contributed by atoms with Crippen LogP contribution in [0.4, 0.5) is 17.6 Å². The number of aryl methyl sites for hydroxylation is 1. The molecule has 0 atom stereocenters. The highest BCUT2D eigenvalue weighted by atomic mass is 32.2. The van der Waals surface area contributed by atoms with Crippen LogP contribution in [0.1, 0.15) is 17.8 Å². The number of sulfone groups is 1. The number of benzene rings is 1. The third kappa shape index (κ3) is 3.70. The average Bonchev–Trinajstić information content (AvgIpc) is 3.01. The Labute approximate surface area is 152 Å². The Hall–Kier alpha value is -2.75. The number of nitrogens with zero attached hydrogens (tertiary/aromatic N) is 2. The van der Waals surface area contributed by atoms with Crippen LogP contribution in [0.25, 0.3) is 22.5 Å². The Bertz CT molecular complexity index is 1130. The van der Waals surface area contributed by atoms with Crippen molar-refractivity contribution < 1.29 is 26.0 Å². The van der Waals surface area contributed by atoms with E-state index in [9.17, 15) is 26.0 Å². The molecule has 2 aromatic heterocycles. The normalized spacial score (nSPS) is 12.0. The number of hydrogen-bond donors (Lipinski definition) is 1. The summed E-state index contributed by atoms with van der Waals surface area (Å²) in [5, 5.41) is 0. The largest absolute Gasteiger partial charge is 0.337 e. The summed E-state index contributed by atoms with van der Waals surface area (Å²) in [5.74, 6) is -3.02. The molecule has 1 aromatic carbocycles. The summed E-state index contributed by atoms with van der Waals surface area (Å²) in [6.45, 7) is 1.72. The first kappa shape index (κ1) is 19.0. The lowest BCUT2D eigenvalue weighted by Gasteiger charge is -2.08. The maximum absolute atomic E-state index is 14.5. The van der Waals surface area contributed by atoms with Gasteiger partial charge in [0.25, 0.3) is 6.43 Å². The predicted molar refractivity (Wildman–Crippen MR) is 90.0 cm³/mol. The molecule has 0 saturated heterocycles. The third-order valence-electron chi connectivity index (χ3n) is 3.77. The lowest BCUT2D eigenvalue weighted by molar-refractivity contribution is 0.141. The van der Waals surface area contributed by atoms with Gasteiger partial charge in [-0.3, -0.25) is 4.98 Å². The van der Waals surface area contributed by atoms with Crippen molar-refractivity contribution in [2.24, 2.45) is 0 Å². The molecule has 10 heteroatoms. The average molecular weight is 399 g/mol. The highest BCUT2D eigenvalue weighted by Crippen LogP contribution is 2.35. The minimum atomic E-state index is -4.00. The van der Waals surface area contributed by atoms with Gasteiger partial charge in [0.15, 0.2) is 15.7 Å². The SMILES string of the molecule is Cc1cncc(-c2nc(C(F)F)[nH]c2-c2cc(F)c(S(C)(=O)=O)cc2F)c1. The van der Waals surface area contributed by atoms with Gasteiger partial charge in [0.05, 0.1) is 11.4 Å². The molecule has 0 unspecified atom stereocenters. The number of imidazole rings is 1. The molecule has 0 spiro atoms. The van der Waals surface area contributed by atoms with Crippen molar-refractivity contribution in [3.05, 3.63) is 53.6 Å². The van der Waals surface area contributed by atoms with E-state index in [1.54, 1.807) is 13.0 Å². The quantitative estimate of drug-likeness (QED) is 0.671. The van der Waals surface area contributed by atoms with E-state index in [2.05, 4.69) is 15.0 Å². The Balaban J connectivity index is 2.27. The predicted octanol–water partition coefficient (Wildman–Crippen LogP) is 4.07. The van der Waals surface area contributed by atoms with Gasteiger partial charge < -0.3 is 4.98 Å². The lowest BCUT2D eigenvalue weighted by Crippen LogP contribution is -2.03. The summed E-state index contributed by atoms with van der Waals surface area (Å²) in [6, 6.07) is 2.75. The standard InChI is InChI=1S/C17H13F4N3O2S/c1-8-3-9(7-22-6-8)14-15(24-17(23-14)16(20)21)10-4-12(19)13(5-11(10)18)27(2,25)26/h3-7,16H,1-2H3,(H,23,24). The Morgan fingerprint density at radius 3 is 2.37 bits per heavy atom. The topological polar surface area (TPSA) is 75.7 Å². The first-order valence-corrected chi connectivity index (χ1v) is 9.46. The first-order chi connectivity index (χ1) is 12.6. The minimum Gasteiger partial charge on any atom is -0.337 e. The summed E-state index contributed by atoms with van der Waals surface area (Å²) >= 11 is 0. The van der Waals surface area contributed by atoms with Crippen molar-refractivity contribution in [2.75, 3.05) is 6.26 Å². The zero-order chi connectivity index (χ0) is 19.9. The van der Waals surface area contributed by atoms with E-state index >= 15 is 0 Å². The summed E-state index contributed by atoms with van der Waals surface area (Å²) in [6.07, 6.45) is 0.643. The van der Waals surface area contributed by atoms with E-state index in [0.29, 0.717) is 23.3 Å². The second-order valence-corrected chi connectivity index (χ2v) is 7.92. The fourth-order valence-corrected chi connectivity index (χ4v) is 3.32. The minimum absolute atomic E-state index is 0.0492. The molecule has 2 heterocycles. The molecule has 0 amide bonds. The van der Waals surface area contributed by atoms with Crippen LogP contribution < -0.4 is 0 Å². The van der Waals surface area contributed by atoms with Crippen molar-refractivity contribution >= 4 is 9.84 Å². The van der Waals surface area contributed by atoms with Crippen molar-refractivity contribution in [1.82, 2.24) is 15.0 Å². The van der Waals surface area contributed by atoms with Crippen LogP contribution in [0, 0.1) is 18.6 Å². The number of alkyl halides is 2. The van der Waals surface area contributed by atoms with Crippen LogP contribution in [-0.2, 0) is 9.84 Å². The fourth-order valence-electron chi connectivity index (χ4n) is 2.59. The van der Waals surface area contributed by atoms with Crippen LogP contribution in [0.3, 0.4) is 0 Å². The molecule has 0 aliphatic carbocycles. The van der Waals surface area contributed by atoms with Gasteiger partial charge >= 0.3 is 0 Å². The number of hydrogen-bond acceptors (Lipinski definition) is 4. The summed E-state index contributed by atoms with van der Waals surface area (Å²) in [5.41, 5.74) is 0.358. The summed E-state index contributed by atoms with van der Waals surface area (Å²) in [4.78, 5) is 9.21. The molecule has 0 aliphatic rings. The molecule has 0 aliphatic heterocycles. The molecule has 3 rings (SSSR count). The number of pyridine rings is 1. The van der Waals surface area contributed by atoms with Gasteiger partial charge in [-0.1, -0.05) is 0 Å². The first-order valence-electron chi connectivity index (χ1n) is 7.57. The molecule has 0 radical (unpaired) electrons. The molecular weight excluding hydrogens is 386 g/mol. The zero-order valence-electron chi connectivity index (χ0n) is 14.1. The zero-order valence-corrected chi connectivity index (χ0v) is 14.9. The van der Waals surface area contributed by atoms with Crippen LogP contribution >= 0.6 is 0 Å². The van der Waals surface area contributed by atoms with E-state index in [0.717, 1.165) is 6.26 Å². The van der Waals surface area contributed by atoms with E-state index in [-0.39, 0.29) is 11.4 Å². The third-order valence-corrected chi connectivity index (χ3v) is 4.88. The number of aromatic amines is 1. The molecule has 0 fully saturated rings. The highest BCUT2D eigenvalue weighted by molar-refractivity contribution is 7.90. The fraction of sp³-hybridized carbons (Fsp3) is 0.176. The molecule has 142 valence electrons. The van der Waals surface area contributed by atoms with Crippen molar-refractivity contribution in [3.8, 4) is 22.5 Å². The Morgan fingerprint density at radius 1 is 1.07 bits per heavy atom. The van der Waals surface area contributed by atoms with E-state index < -0.39 is 44.2 Å². The Kier molecular flexibility index (Phi) is 4.77. The van der Waals surface area contributed by atoms with Crippen molar-refractivity contribution in [2.45, 2.75) is 18.2 Å². The van der Waals surface area contributed by atoms with E-state index in [1.807, 2.05) is 0 Å². The number of aromatic nitrogens is 3. The molecule has 27 heavy (non-hydrogen) atoms. The number of H-pyrrole nitrogens is 1. The van der Waals surface area contributed by atoms with Gasteiger partial charge in [-0.25, -0.2) is 31.0 Å². The van der Waals surface area contributed by atoms with Crippen molar-refractivity contribution in [3.63, 3.8) is 0 Å². The van der Waals surface area contributed by atoms with Crippen LogP contribution in [0.2, 0.25) is 0 Å². The Morgan fingerprint density at radius 2 is 1.78 bits per heavy atom.